The monoisotopic (exact) mass is 194 g/mol. The molecule has 0 fully saturated rings. The molecule has 1 aromatic carbocycles. The van der Waals surface area contributed by atoms with Crippen LogP contribution in [-0.2, 0) is 0 Å². The lowest BCUT2D eigenvalue weighted by molar-refractivity contribution is 0.355. The molecule has 1 radical (unpaired) electrons. The maximum atomic E-state index is 5.20. The van der Waals surface area contributed by atoms with Gasteiger partial charge >= 0.3 is 0 Å². The van der Waals surface area contributed by atoms with Crippen LogP contribution < -0.4 is 14.4 Å². The molecule has 0 atom stereocenters. The van der Waals surface area contributed by atoms with Crippen molar-refractivity contribution in [2.24, 2.45) is 0 Å². The van der Waals surface area contributed by atoms with Gasteiger partial charge in [0.2, 0.25) is 0 Å². The Labute approximate surface area is 85.2 Å². The number of benzene rings is 1. The van der Waals surface area contributed by atoms with E-state index < -0.39 is 0 Å². The molecule has 0 aliphatic rings. The molecule has 14 heavy (non-hydrogen) atoms. The summed E-state index contributed by atoms with van der Waals surface area (Å²) in [6.45, 7) is 3.95. The maximum absolute atomic E-state index is 5.20. The minimum absolute atomic E-state index is 0.711. The second-order valence-electron chi connectivity index (χ2n) is 3.23. The fourth-order valence-corrected chi connectivity index (χ4v) is 1.33. The molecule has 0 saturated carbocycles. The fourth-order valence-electron chi connectivity index (χ4n) is 1.33. The van der Waals surface area contributed by atoms with Crippen LogP contribution in [0.5, 0.6) is 11.5 Å². The molecule has 3 heteroatoms. The molecule has 0 aliphatic heterocycles. The molecular weight excluding hydrogens is 178 g/mol. The number of nitrogens with zero attached hydrogens (tertiary/aromatic N) is 1. The minimum atomic E-state index is 0.711. The van der Waals surface area contributed by atoms with Crippen molar-refractivity contribution < 1.29 is 9.47 Å². The van der Waals surface area contributed by atoms with E-state index in [1.807, 2.05) is 31.1 Å². The molecule has 0 unspecified atom stereocenters. The standard InChI is InChI=1S/C11H16NO2/c1-8-6-10(13-4)11(14-5)7-9(8)12(2)3/h6-7H,1H2,2-5H3. The van der Waals surface area contributed by atoms with Gasteiger partial charge in [-0.05, 0) is 18.6 Å². The van der Waals surface area contributed by atoms with E-state index in [2.05, 4.69) is 6.92 Å². The minimum Gasteiger partial charge on any atom is -0.493 e. The topological polar surface area (TPSA) is 21.7 Å². The van der Waals surface area contributed by atoms with Gasteiger partial charge in [-0.2, -0.15) is 0 Å². The lowest BCUT2D eigenvalue weighted by atomic mass is 10.1. The van der Waals surface area contributed by atoms with E-state index in [4.69, 9.17) is 9.47 Å². The van der Waals surface area contributed by atoms with E-state index in [1.165, 1.54) is 0 Å². The molecule has 0 bridgehead atoms. The molecular formula is C11H16NO2. The zero-order chi connectivity index (χ0) is 10.7. The van der Waals surface area contributed by atoms with Crippen molar-refractivity contribution in [2.75, 3.05) is 33.2 Å². The first kappa shape index (κ1) is 10.7. The van der Waals surface area contributed by atoms with Crippen LogP contribution in [0.1, 0.15) is 5.56 Å². The Morgan fingerprint density at radius 2 is 1.57 bits per heavy atom. The molecule has 0 heterocycles. The number of hydrogen-bond donors (Lipinski definition) is 0. The summed E-state index contributed by atoms with van der Waals surface area (Å²) in [5, 5.41) is 0. The van der Waals surface area contributed by atoms with Gasteiger partial charge in [-0.1, -0.05) is 0 Å². The van der Waals surface area contributed by atoms with E-state index in [9.17, 15) is 0 Å². The van der Waals surface area contributed by atoms with Gasteiger partial charge in [0, 0.05) is 25.8 Å². The van der Waals surface area contributed by atoms with E-state index >= 15 is 0 Å². The first-order valence-corrected chi connectivity index (χ1v) is 4.35. The lowest BCUT2D eigenvalue weighted by Crippen LogP contribution is -2.10. The number of hydrogen-bond acceptors (Lipinski definition) is 3. The molecule has 1 rings (SSSR count). The normalized spacial score (nSPS) is 9.79. The third-order valence-electron chi connectivity index (χ3n) is 2.07. The van der Waals surface area contributed by atoms with Crippen LogP contribution >= 0.6 is 0 Å². The Bertz CT molecular complexity index is 321. The van der Waals surface area contributed by atoms with Crippen LogP contribution in [0.3, 0.4) is 0 Å². The van der Waals surface area contributed by atoms with Gasteiger partial charge in [-0.3, -0.25) is 0 Å². The van der Waals surface area contributed by atoms with Gasteiger partial charge in [0.05, 0.1) is 14.2 Å². The second kappa shape index (κ2) is 4.22. The lowest BCUT2D eigenvalue weighted by Gasteiger charge is -2.18. The van der Waals surface area contributed by atoms with Crippen LogP contribution in [0.25, 0.3) is 0 Å². The Balaban J connectivity index is 3.23. The summed E-state index contributed by atoms with van der Waals surface area (Å²) in [5.41, 5.74) is 1.95. The Morgan fingerprint density at radius 1 is 1.07 bits per heavy atom. The quantitative estimate of drug-likeness (QED) is 0.734. The maximum Gasteiger partial charge on any atom is 0.162 e. The van der Waals surface area contributed by atoms with Gasteiger partial charge in [0.15, 0.2) is 11.5 Å². The van der Waals surface area contributed by atoms with E-state index in [0.29, 0.717) is 5.75 Å². The summed E-state index contributed by atoms with van der Waals surface area (Å²) >= 11 is 0. The largest absolute Gasteiger partial charge is 0.493 e. The summed E-state index contributed by atoms with van der Waals surface area (Å²) in [7, 11) is 7.18. The number of methoxy groups -OCH3 is 2. The van der Waals surface area contributed by atoms with Crippen molar-refractivity contribution in [3.05, 3.63) is 24.6 Å². The molecule has 0 aliphatic carbocycles. The molecule has 1 aromatic rings. The average molecular weight is 194 g/mol. The molecule has 0 saturated heterocycles. The van der Waals surface area contributed by atoms with Crippen LogP contribution in [0, 0.1) is 6.92 Å². The highest BCUT2D eigenvalue weighted by molar-refractivity contribution is 5.62. The highest BCUT2D eigenvalue weighted by Gasteiger charge is 2.09. The predicted molar refractivity (Wildman–Crippen MR) is 58.3 cm³/mol. The summed E-state index contributed by atoms with van der Waals surface area (Å²) in [5.74, 6) is 1.44. The molecule has 77 valence electrons. The Kier molecular flexibility index (Phi) is 3.23. The zero-order valence-electron chi connectivity index (χ0n) is 9.13. The summed E-state index contributed by atoms with van der Waals surface area (Å²) in [4.78, 5) is 1.99. The number of anilines is 1. The summed E-state index contributed by atoms with van der Waals surface area (Å²) in [6.07, 6.45) is 0. The summed E-state index contributed by atoms with van der Waals surface area (Å²) < 4.78 is 10.4. The first-order valence-electron chi connectivity index (χ1n) is 4.35. The van der Waals surface area contributed by atoms with Gasteiger partial charge in [-0.15, -0.1) is 0 Å². The third kappa shape index (κ3) is 1.92. The SMILES string of the molecule is [CH2]c1cc(OC)c(OC)cc1N(C)C. The highest BCUT2D eigenvalue weighted by atomic mass is 16.5. The van der Waals surface area contributed by atoms with Crippen molar-refractivity contribution in [1.82, 2.24) is 0 Å². The van der Waals surface area contributed by atoms with Gasteiger partial charge in [-0.25, -0.2) is 0 Å². The zero-order valence-corrected chi connectivity index (χ0v) is 9.13. The summed E-state index contributed by atoms with van der Waals surface area (Å²) in [6, 6.07) is 3.79. The van der Waals surface area contributed by atoms with E-state index in [1.54, 1.807) is 14.2 Å². The highest BCUT2D eigenvalue weighted by Crippen LogP contribution is 2.33. The van der Waals surface area contributed by atoms with Crippen LogP contribution in [0.2, 0.25) is 0 Å². The Hall–Kier alpha value is -1.38. The first-order chi connectivity index (χ1) is 6.60. The molecule has 0 spiro atoms. The number of rotatable bonds is 3. The van der Waals surface area contributed by atoms with E-state index in [-0.39, 0.29) is 0 Å². The van der Waals surface area contributed by atoms with Crippen molar-refractivity contribution in [1.29, 1.82) is 0 Å². The van der Waals surface area contributed by atoms with Gasteiger partial charge < -0.3 is 14.4 Å². The van der Waals surface area contributed by atoms with Crippen molar-refractivity contribution in [3.8, 4) is 11.5 Å². The van der Waals surface area contributed by atoms with Crippen molar-refractivity contribution in [2.45, 2.75) is 0 Å². The van der Waals surface area contributed by atoms with Crippen molar-refractivity contribution >= 4 is 5.69 Å². The molecule has 3 nitrogen and oxygen atoms in total. The molecule has 0 amide bonds. The molecule has 0 N–H and O–H groups in total. The molecule has 0 aromatic heterocycles. The van der Waals surface area contributed by atoms with Crippen LogP contribution in [0.4, 0.5) is 5.69 Å². The van der Waals surface area contributed by atoms with Crippen molar-refractivity contribution in [3.63, 3.8) is 0 Å². The van der Waals surface area contributed by atoms with E-state index in [0.717, 1.165) is 17.0 Å². The van der Waals surface area contributed by atoms with Crippen LogP contribution in [-0.4, -0.2) is 28.3 Å². The van der Waals surface area contributed by atoms with Crippen LogP contribution in [0.15, 0.2) is 12.1 Å². The van der Waals surface area contributed by atoms with Gasteiger partial charge in [0.1, 0.15) is 0 Å². The van der Waals surface area contributed by atoms with Gasteiger partial charge in [0.25, 0.3) is 0 Å². The number of ether oxygens (including phenoxy) is 2. The smallest absolute Gasteiger partial charge is 0.162 e. The Morgan fingerprint density at radius 3 is 2.00 bits per heavy atom. The fraction of sp³-hybridized carbons (Fsp3) is 0.364. The average Bonchev–Trinajstić information content (AvgIpc) is 2.16. The third-order valence-corrected chi connectivity index (χ3v) is 2.07. The predicted octanol–water partition coefficient (Wildman–Crippen LogP) is 1.95. The second-order valence-corrected chi connectivity index (χ2v) is 3.23.